The molecular formula is C15H15ClN4O. The van der Waals surface area contributed by atoms with Gasteiger partial charge in [0.05, 0.1) is 6.20 Å². The molecule has 0 radical (unpaired) electrons. The summed E-state index contributed by atoms with van der Waals surface area (Å²) in [5.74, 6) is 1.83. The van der Waals surface area contributed by atoms with Gasteiger partial charge in [0, 0.05) is 24.0 Å². The number of hydrogen-bond donors (Lipinski definition) is 1. The zero-order valence-electron chi connectivity index (χ0n) is 11.6. The molecule has 5 nitrogen and oxygen atoms in total. The third-order valence-corrected chi connectivity index (χ3v) is 3.15. The van der Waals surface area contributed by atoms with E-state index in [4.69, 9.17) is 16.3 Å². The lowest BCUT2D eigenvalue weighted by Gasteiger charge is -2.10. The molecule has 1 aromatic carbocycles. The minimum absolute atomic E-state index is 0.448. The van der Waals surface area contributed by atoms with Gasteiger partial charge < -0.3 is 10.1 Å². The summed E-state index contributed by atoms with van der Waals surface area (Å²) in [5, 5.41) is 3.87. The molecule has 3 aromatic rings. The molecule has 2 heterocycles. The molecule has 0 fully saturated rings. The van der Waals surface area contributed by atoms with Crippen LogP contribution >= 0.6 is 11.6 Å². The number of aromatic nitrogens is 3. The number of fused-ring (bicyclic) bond motifs is 1. The number of imidazole rings is 1. The summed E-state index contributed by atoms with van der Waals surface area (Å²) in [6.45, 7) is 2.95. The summed E-state index contributed by atoms with van der Waals surface area (Å²) in [5.41, 5.74) is 0.664. The minimum Gasteiger partial charge on any atom is -0.436 e. The fraction of sp³-hybridized carbons (Fsp3) is 0.200. The first kappa shape index (κ1) is 13.7. The molecule has 108 valence electrons. The third-order valence-electron chi connectivity index (χ3n) is 2.91. The number of nitrogens with zero attached hydrogens (tertiary/aromatic N) is 3. The van der Waals surface area contributed by atoms with E-state index >= 15 is 0 Å². The number of hydrogen-bond acceptors (Lipinski definition) is 4. The van der Waals surface area contributed by atoms with Crippen molar-refractivity contribution >= 4 is 23.1 Å². The van der Waals surface area contributed by atoms with Crippen molar-refractivity contribution in [2.75, 3.05) is 11.9 Å². The van der Waals surface area contributed by atoms with Crippen molar-refractivity contribution in [1.29, 1.82) is 0 Å². The number of anilines is 1. The molecule has 0 spiro atoms. The number of halogens is 1. The summed E-state index contributed by atoms with van der Waals surface area (Å²) in [6, 6.07) is 7.21. The quantitative estimate of drug-likeness (QED) is 0.774. The Hall–Kier alpha value is -2.27. The first-order valence-corrected chi connectivity index (χ1v) is 7.15. The van der Waals surface area contributed by atoms with Gasteiger partial charge >= 0.3 is 0 Å². The van der Waals surface area contributed by atoms with E-state index in [2.05, 4.69) is 22.2 Å². The lowest BCUT2D eigenvalue weighted by atomic mass is 10.3. The predicted octanol–water partition coefficient (Wildman–Crippen LogP) is 4.00. The molecule has 0 aliphatic rings. The molecular weight excluding hydrogens is 288 g/mol. The smallest absolute Gasteiger partial charge is 0.265 e. The molecule has 0 saturated carbocycles. The van der Waals surface area contributed by atoms with Crippen molar-refractivity contribution in [3.05, 3.63) is 47.9 Å². The Labute approximate surface area is 127 Å². The molecule has 1 N–H and O–H groups in total. The molecule has 0 amide bonds. The van der Waals surface area contributed by atoms with E-state index < -0.39 is 0 Å². The predicted molar refractivity (Wildman–Crippen MR) is 83.3 cm³/mol. The molecule has 2 aromatic heterocycles. The Morgan fingerprint density at radius 3 is 3.10 bits per heavy atom. The summed E-state index contributed by atoms with van der Waals surface area (Å²) >= 11 is 5.97. The van der Waals surface area contributed by atoms with Crippen LogP contribution in [-0.2, 0) is 0 Å². The highest BCUT2D eigenvalue weighted by molar-refractivity contribution is 6.30. The SMILES string of the molecule is CCCNc1cn2ccnc2c(Oc2cccc(Cl)c2)n1. The summed E-state index contributed by atoms with van der Waals surface area (Å²) in [7, 11) is 0. The zero-order chi connectivity index (χ0) is 14.7. The van der Waals surface area contributed by atoms with Gasteiger partial charge in [-0.15, -0.1) is 0 Å². The summed E-state index contributed by atoms with van der Waals surface area (Å²) < 4.78 is 7.71. The van der Waals surface area contributed by atoms with E-state index in [-0.39, 0.29) is 0 Å². The van der Waals surface area contributed by atoms with E-state index in [0.717, 1.165) is 18.8 Å². The first-order valence-electron chi connectivity index (χ1n) is 6.77. The minimum atomic E-state index is 0.448. The van der Waals surface area contributed by atoms with Crippen molar-refractivity contribution < 1.29 is 4.74 Å². The van der Waals surface area contributed by atoms with Crippen molar-refractivity contribution in [2.45, 2.75) is 13.3 Å². The average Bonchev–Trinajstić information content (AvgIpc) is 2.94. The monoisotopic (exact) mass is 302 g/mol. The molecule has 0 unspecified atom stereocenters. The average molecular weight is 303 g/mol. The van der Waals surface area contributed by atoms with Crippen molar-refractivity contribution in [3.8, 4) is 11.6 Å². The Balaban J connectivity index is 1.97. The summed E-state index contributed by atoms with van der Waals surface area (Å²) in [4.78, 5) is 8.75. The highest BCUT2D eigenvalue weighted by Gasteiger charge is 2.10. The maximum absolute atomic E-state index is 5.97. The van der Waals surface area contributed by atoms with Crippen LogP contribution in [0.2, 0.25) is 5.02 Å². The van der Waals surface area contributed by atoms with Crippen LogP contribution in [0.1, 0.15) is 13.3 Å². The number of ether oxygens (including phenoxy) is 1. The second kappa shape index (κ2) is 6.01. The molecule has 21 heavy (non-hydrogen) atoms. The van der Waals surface area contributed by atoms with Gasteiger partial charge in [0.1, 0.15) is 11.6 Å². The molecule has 3 rings (SSSR count). The van der Waals surface area contributed by atoms with Gasteiger partial charge in [-0.1, -0.05) is 24.6 Å². The molecule has 0 atom stereocenters. The standard InChI is InChI=1S/C15H15ClN4O/c1-2-6-17-13-10-20-8-7-18-14(20)15(19-13)21-12-5-3-4-11(16)9-12/h3-5,7-10,17H,2,6H2,1H3. The van der Waals surface area contributed by atoms with Crippen LogP contribution in [0, 0.1) is 0 Å². The second-order valence-corrected chi connectivity index (χ2v) is 5.01. The Morgan fingerprint density at radius 2 is 2.29 bits per heavy atom. The van der Waals surface area contributed by atoms with Crippen LogP contribution in [0.25, 0.3) is 5.65 Å². The molecule has 0 aliphatic heterocycles. The van der Waals surface area contributed by atoms with E-state index in [0.29, 0.717) is 22.3 Å². The Bertz CT molecular complexity index is 756. The van der Waals surface area contributed by atoms with E-state index in [1.807, 2.05) is 28.9 Å². The first-order chi connectivity index (χ1) is 10.3. The third kappa shape index (κ3) is 3.08. The van der Waals surface area contributed by atoms with Crippen LogP contribution in [0.3, 0.4) is 0 Å². The number of rotatable bonds is 5. The maximum atomic E-state index is 5.97. The lowest BCUT2D eigenvalue weighted by molar-refractivity contribution is 0.465. The maximum Gasteiger partial charge on any atom is 0.265 e. The van der Waals surface area contributed by atoms with E-state index in [1.54, 1.807) is 18.3 Å². The van der Waals surface area contributed by atoms with Gasteiger partial charge in [-0.2, -0.15) is 4.98 Å². The highest BCUT2D eigenvalue weighted by atomic mass is 35.5. The Kier molecular flexibility index (Phi) is 3.92. The fourth-order valence-corrected chi connectivity index (χ4v) is 2.13. The van der Waals surface area contributed by atoms with Crippen molar-refractivity contribution in [3.63, 3.8) is 0 Å². The molecule has 0 saturated heterocycles. The normalized spacial score (nSPS) is 10.8. The molecule has 0 bridgehead atoms. The molecule has 6 heteroatoms. The van der Waals surface area contributed by atoms with Gasteiger partial charge in [-0.05, 0) is 24.6 Å². The Morgan fingerprint density at radius 1 is 1.38 bits per heavy atom. The van der Waals surface area contributed by atoms with Gasteiger partial charge in [-0.25, -0.2) is 4.98 Å². The van der Waals surface area contributed by atoms with E-state index in [1.165, 1.54) is 0 Å². The van der Waals surface area contributed by atoms with Gasteiger partial charge in [0.2, 0.25) is 5.65 Å². The van der Waals surface area contributed by atoms with Gasteiger partial charge in [-0.3, -0.25) is 4.40 Å². The zero-order valence-corrected chi connectivity index (χ0v) is 12.3. The van der Waals surface area contributed by atoms with Crippen LogP contribution < -0.4 is 10.1 Å². The van der Waals surface area contributed by atoms with E-state index in [9.17, 15) is 0 Å². The van der Waals surface area contributed by atoms with Crippen LogP contribution in [0.5, 0.6) is 11.6 Å². The van der Waals surface area contributed by atoms with Crippen LogP contribution in [-0.4, -0.2) is 20.9 Å². The largest absolute Gasteiger partial charge is 0.436 e. The topological polar surface area (TPSA) is 51.5 Å². The van der Waals surface area contributed by atoms with Crippen molar-refractivity contribution in [1.82, 2.24) is 14.4 Å². The fourth-order valence-electron chi connectivity index (χ4n) is 1.95. The number of nitrogens with one attached hydrogen (secondary N) is 1. The van der Waals surface area contributed by atoms with Gasteiger partial charge in [0.25, 0.3) is 5.88 Å². The summed E-state index contributed by atoms with van der Waals surface area (Å²) in [6.07, 6.45) is 6.49. The second-order valence-electron chi connectivity index (χ2n) is 4.58. The molecule has 0 aliphatic carbocycles. The lowest BCUT2D eigenvalue weighted by Crippen LogP contribution is -2.04. The number of benzene rings is 1. The van der Waals surface area contributed by atoms with Gasteiger partial charge in [0.15, 0.2) is 0 Å². The van der Waals surface area contributed by atoms with Crippen LogP contribution in [0.4, 0.5) is 5.82 Å². The highest BCUT2D eigenvalue weighted by Crippen LogP contribution is 2.26. The van der Waals surface area contributed by atoms with Crippen molar-refractivity contribution in [2.24, 2.45) is 0 Å². The van der Waals surface area contributed by atoms with Crippen LogP contribution in [0.15, 0.2) is 42.9 Å².